The van der Waals surface area contributed by atoms with Crippen LogP contribution in [0.2, 0.25) is 0 Å². The molecule has 2 N–H and O–H groups in total. The fourth-order valence-electron chi connectivity index (χ4n) is 3.00. The van der Waals surface area contributed by atoms with Gasteiger partial charge < -0.3 is 15.4 Å². The molecule has 0 aliphatic carbocycles. The fourth-order valence-corrected chi connectivity index (χ4v) is 3.00. The summed E-state index contributed by atoms with van der Waals surface area (Å²) in [6, 6.07) is 8.66. The lowest BCUT2D eigenvalue weighted by Crippen LogP contribution is -2.37. The second kappa shape index (κ2) is 10.0. The van der Waals surface area contributed by atoms with E-state index in [1.807, 2.05) is 7.05 Å². The molecule has 2 aromatic rings. The van der Waals surface area contributed by atoms with E-state index in [0.29, 0.717) is 13.1 Å². The number of hydrogen-bond acceptors (Lipinski definition) is 5. The molecule has 0 saturated carbocycles. The van der Waals surface area contributed by atoms with Crippen LogP contribution in [0.15, 0.2) is 35.6 Å². The normalized spacial score (nSPS) is 15.7. The van der Waals surface area contributed by atoms with E-state index in [2.05, 4.69) is 56.8 Å². The standard InChI is InChI=1S/C19H29N7O/c1-3-20-19(22-13-18-23-15-24-25(18)2)21-12-16-5-4-6-17(11-16)14-26-7-9-27-10-8-26/h4-6,11,15H,3,7-10,12-14H2,1-2H3,(H2,20,21,22). The van der Waals surface area contributed by atoms with Gasteiger partial charge in [-0.1, -0.05) is 24.3 Å². The smallest absolute Gasteiger partial charge is 0.191 e. The minimum absolute atomic E-state index is 0.583. The van der Waals surface area contributed by atoms with Gasteiger partial charge in [0.1, 0.15) is 12.2 Å². The van der Waals surface area contributed by atoms with E-state index < -0.39 is 0 Å². The van der Waals surface area contributed by atoms with Crippen molar-refractivity contribution in [3.8, 4) is 0 Å². The summed E-state index contributed by atoms with van der Waals surface area (Å²) in [7, 11) is 1.88. The maximum Gasteiger partial charge on any atom is 0.191 e. The summed E-state index contributed by atoms with van der Waals surface area (Å²) in [5, 5.41) is 10.7. The molecule has 27 heavy (non-hydrogen) atoms. The van der Waals surface area contributed by atoms with Gasteiger partial charge in [0.15, 0.2) is 5.96 Å². The third kappa shape index (κ3) is 6.04. The highest BCUT2D eigenvalue weighted by molar-refractivity contribution is 5.79. The summed E-state index contributed by atoms with van der Waals surface area (Å²) in [5.41, 5.74) is 2.53. The number of nitrogens with one attached hydrogen (secondary N) is 2. The Kier molecular flexibility index (Phi) is 7.18. The summed E-state index contributed by atoms with van der Waals surface area (Å²) < 4.78 is 7.18. The summed E-state index contributed by atoms with van der Waals surface area (Å²) in [6.07, 6.45) is 1.56. The molecule has 1 aromatic carbocycles. The Bertz CT molecular complexity index is 737. The summed E-state index contributed by atoms with van der Waals surface area (Å²) in [5.74, 6) is 1.65. The number of aromatic nitrogens is 3. The molecule has 146 valence electrons. The van der Waals surface area contributed by atoms with Gasteiger partial charge >= 0.3 is 0 Å². The SMILES string of the molecule is CCNC(=NCc1cccc(CN2CCOCC2)c1)NCc1ncnn1C. The van der Waals surface area contributed by atoms with Gasteiger partial charge in [0.2, 0.25) is 0 Å². The minimum Gasteiger partial charge on any atom is -0.379 e. The highest BCUT2D eigenvalue weighted by Crippen LogP contribution is 2.11. The number of hydrogen-bond donors (Lipinski definition) is 2. The second-order valence-electron chi connectivity index (χ2n) is 6.56. The van der Waals surface area contributed by atoms with Gasteiger partial charge in [-0.15, -0.1) is 0 Å². The third-order valence-corrected chi connectivity index (χ3v) is 4.48. The van der Waals surface area contributed by atoms with Crippen molar-refractivity contribution in [1.29, 1.82) is 0 Å². The largest absolute Gasteiger partial charge is 0.379 e. The lowest BCUT2D eigenvalue weighted by atomic mass is 10.1. The van der Waals surface area contributed by atoms with Crippen LogP contribution in [0.25, 0.3) is 0 Å². The number of aliphatic imine (C=N–C) groups is 1. The number of aryl methyl sites for hydroxylation is 1. The molecule has 1 saturated heterocycles. The van der Waals surface area contributed by atoms with Crippen molar-refractivity contribution in [1.82, 2.24) is 30.3 Å². The van der Waals surface area contributed by atoms with Crippen molar-refractivity contribution >= 4 is 5.96 Å². The summed E-state index contributed by atoms with van der Waals surface area (Å²) in [4.78, 5) is 11.4. The first-order chi connectivity index (χ1) is 13.2. The van der Waals surface area contributed by atoms with Crippen LogP contribution in [0.5, 0.6) is 0 Å². The number of rotatable bonds is 7. The Labute approximate surface area is 160 Å². The molecule has 8 nitrogen and oxygen atoms in total. The molecule has 3 rings (SSSR count). The Morgan fingerprint density at radius 3 is 2.78 bits per heavy atom. The first kappa shape index (κ1) is 19.3. The van der Waals surface area contributed by atoms with Crippen LogP contribution in [-0.2, 0) is 31.4 Å². The van der Waals surface area contributed by atoms with Gasteiger partial charge in [-0.3, -0.25) is 9.58 Å². The minimum atomic E-state index is 0.583. The van der Waals surface area contributed by atoms with Crippen molar-refractivity contribution in [2.75, 3.05) is 32.8 Å². The molecule has 1 aliphatic heterocycles. The predicted octanol–water partition coefficient (Wildman–Crippen LogP) is 0.903. The molecule has 0 unspecified atom stereocenters. The van der Waals surface area contributed by atoms with E-state index in [0.717, 1.165) is 51.2 Å². The van der Waals surface area contributed by atoms with E-state index in [-0.39, 0.29) is 0 Å². The molecule has 1 aromatic heterocycles. The molecule has 1 aliphatic rings. The van der Waals surface area contributed by atoms with Gasteiger partial charge in [-0.2, -0.15) is 5.10 Å². The number of benzene rings is 1. The van der Waals surface area contributed by atoms with Gasteiger partial charge in [0.05, 0.1) is 26.3 Å². The fraction of sp³-hybridized carbons (Fsp3) is 0.526. The van der Waals surface area contributed by atoms with E-state index in [9.17, 15) is 0 Å². The molecule has 8 heteroatoms. The maximum absolute atomic E-state index is 5.42. The van der Waals surface area contributed by atoms with Crippen LogP contribution in [-0.4, -0.2) is 58.5 Å². The molecular formula is C19H29N7O. The first-order valence-electron chi connectivity index (χ1n) is 9.47. The third-order valence-electron chi connectivity index (χ3n) is 4.48. The highest BCUT2D eigenvalue weighted by atomic mass is 16.5. The average molecular weight is 371 g/mol. The van der Waals surface area contributed by atoms with Crippen LogP contribution < -0.4 is 10.6 Å². The molecule has 0 amide bonds. The quantitative estimate of drug-likeness (QED) is 0.556. The van der Waals surface area contributed by atoms with E-state index in [1.54, 1.807) is 11.0 Å². The Morgan fingerprint density at radius 1 is 1.22 bits per heavy atom. The van der Waals surface area contributed by atoms with Gasteiger partial charge in [0, 0.05) is 33.2 Å². The highest BCUT2D eigenvalue weighted by Gasteiger charge is 2.10. The Hall–Kier alpha value is -2.45. The lowest BCUT2D eigenvalue weighted by molar-refractivity contribution is 0.0342. The zero-order valence-corrected chi connectivity index (χ0v) is 16.2. The topological polar surface area (TPSA) is 79.6 Å². The summed E-state index contributed by atoms with van der Waals surface area (Å²) in [6.45, 7) is 8.69. The maximum atomic E-state index is 5.42. The monoisotopic (exact) mass is 371 g/mol. The van der Waals surface area contributed by atoms with Crippen LogP contribution in [0.1, 0.15) is 23.9 Å². The first-order valence-corrected chi connectivity index (χ1v) is 9.47. The summed E-state index contributed by atoms with van der Waals surface area (Å²) >= 11 is 0. The molecule has 0 bridgehead atoms. The zero-order valence-electron chi connectivity index (χ0n) is 16.2. The predicted molar refractivity (Wildman–Crippen MR) is 105 cm³/mol. The molecule has 0 atom stereocenters. The Balaban J connectivity index is 1.57. The molecular weight excluding hydrogens is 342 g/mol. The number of morpholine rings is 1. The van der Waals surface area contributed by atoms with E-state index >= 15 is 0 Å². The van der Waals surface area contributed by atoms with Gasteiger partial charge in [0.25, 0.3) is 0 Å². The molecule has 0 radical (unpaired) electrons. The van der Waals surface area contributed by atoms with Crippen molar-refractivity contribution in [3.05, 3.63) is 47.5 Å². The number of ether oxygens (including phenoxy) is 1. The van der Waals surface area contributed by atoms with Crippen LogP contribution >= 0.6 is 0 Å². The molecule has 2 heterocycles. The van der Waals surface area contributed by atoms with Crippen molar-refractivity contribution in [2.45, 2.75) is 26.6 Å². The van der Waals surface area contributed by atoms with Crippen molar-refractivity contribution in [3.63, 3.8) is 0 Å². The number of guanidine groups is 1. The molecule has 0 spiro atoms. The van der Waals surface area contributed by atoms with E-state index in [1.165, 1.54) is 11.1 Å². The van der Waals surface area contributed by atoms with Crippen LogP contribution in [0.3, 0.4) is 0 Å². The zero-order chi connectivity index (χ0) is 18.9. The van der Waals surface area contributed by atoms with Gasteiger partial charge in [-0.25, -0.2) is 9.98 Å². The Morgan fingerprint density at radius 2 is 2.04 bits per heavy atom. The second-order valence-corrected chi connectivity index (χ2v) is 6.56. The van der Waals surface area contributed by atoms with Crippen molar-refractivity contribution < 1.29 is 4.74 Å². The average Bonchev–Trinajstić information content (AvgIpc) is 3.10. The molecule has 1 fully saturated rings. The van der Waals surface area contributed by atoms with Gasteiger partial charge in [-0.05, 0) is 18.1 Å². The van der Waals surface area contributed by atoms with Crippen molar-refractivity contribution in [2.24, 2.45) is 12.0 Å². The number of nitrogens with zero attached hydrogens (tertiary/aromatic N) is 5. The van der Waals surface area contributed by atoms with Crippen LogP contribution in [0, 0.1) is 0 Å². The lowest BCUT2D eigenvalue weighted by Gasteiger charge is -2.26. The van der Waals surface area contributed by atoms with E-state index in [4.69, 9.17) is 9.73 Å². The van der Waals surface area contributed by atoms with Crippen LogP contribution in [0.4, 0.5) is 0 Å².